The first-order valence-corrected chi connectivity index (χ1v) is 7.48. The second kappa shape index (κ2) is 5.12. The van der Waals surface area contributed by atoms with E-state index in [1.54, 1.807) is 0 Å². The van der Waals surface area contributed by atoms with Crippen LogP contribution in [0.1, 0.15) is 6.42 Å². The summed E-state index contributed by atoms with van der Waals surface area (Å²) in [7, 11) is -4.09. The molecular weight excluding hydrogens is 329 g/mol. The molecule has 1 aromatic carbocycles. The normalized spacial score (nSPS) is 20.1. The van der Waals surface area contributed by atoms with E-state index in [1.165, 1.54) is 0 Å². The zero-order valence-electron chi connectivity index (χ0n) is 9.23. The lowest BCUT2D eigenvalue weighted by Crippen LogP contribution is -2.17. The minimum absolute atomic E-state index is 0.152. The third-order valence-electron chi connectivity index (χ3n) is 2.47. The highest BCUT2D eigenvalue weighted by Gasteiger charge is 2.22. The third kappa shape index (κ3) is 3.00. The van der Waals surface area contributed by atoms with E-state index < -0.39 is 20.7 Å². The zero-order chi connectivity index (χ0) is 13.3. The Morgan fingerprint density at radius 3 is 2.78 bits per heavy atom. The fourth-order valence-electron chi connectivity index (χ4n) is 1.60. The van der Waals surface area contributed by atoms with Crippen LogP contribution >= 0.6 is 15.9 Å². The summed E-state index contributed by atoms with van der Waals surface area (Å²) in [6.45, 7) is 1.03. The highest BCUT2D eigenvalue weighted by molar-refractivity contribution is 9.10. The predicted octanol–water partition coefficient (Wildman–Crippen LogP) is 1.40. The number of hydrogen-bond acceptors (Lipinski definition) is 4. The van der Waals surface area contributed by atoms with Gasteiger partial charge in [0.25, 0.3) is 0 Å². The summed E-state index contributed by atoms with van der Waals surface area (Å²) in [5, 5.41) is 4.89. The molecule has 18 heavy (non-hydrogen) atoms. The van der Waals surface area contributed by atoms with Crippen molar-refractivity contribution in [2.24, 2.45) is 5.14 Å². The number of primary sulfonamides is 1. The van der Waals surface area contributed by atoms with Crippen molar-refractivity contribution < 1.29 is 22.3 Å². The second-order valence-corrected chi connectivity index (χ2v) is 6.25. The van der Waals surface area contributed by atoms with Crippen LogP contribution in [0.25, 0.3) is 0 Å². The maximum atomic E-state index is 13.6. The van der Waals surface area contributed by atoms with Gasteiger partial charge in [0, 0.05) is 12.5 Å². The van der Waals surface area contributed by atoms with Gasteiger partial charge >= 0.3 is 0 Å². The second-order valence-electron chi connectivity index (χ2n) is 3.86. The van der Waals surface area contributed by atoms with E-state index in [2.05, 4.69) is 15.9 Å². The molecule has 0 radical (unpaired) electrons. The summed E-state index contributed by atoms with van der Waals surface area (Å²) < 4.78 is 46.8. The molecule has 1 fully saturated rings. The molecule has 1 aromatic rings. The van der Waals surface area contributed by atoms with Crippen molar-refractivity contribution in [3.63, 3.8) is 0 Å². The van der Waals surface area contributed by atoms with Gasteiger partial charge < -0.3 is 9.47 Å². The van der Waals surface area contributed by atoms with Gasteiger partial charge in [-0.05, 0) is 22.0 Å². The van der Waals surface area contributed by atoms with Crippen LogP contribution in [0.2, 0.25) is 0 Å². The Labute approximate surface area is 112 Å². The molecule has 1 aliphatic heterocycles. The Morgan fingerprint density at radius 2 is 2.22 bits per heavy atom. The maximum absolute atomic E-state index is 13.6. The van der Waals surface area contributed by atoms with Crippen LogP contribution in [0.4, 0.5) is 4.39 Å². The number of benzene rings is 1. The molecule has 1 atom stereocenters. The number of ether oxygens (including phenoxy) is 2. The van der Waals surface area contributed by atoms with E-state index in [-0.39, 0.29) is 11.9 Å². The first kappa shape index (κ1) is 13.7. The fraction of sp³-hybridized carbons (Fsp3) is 0.400. The zero-order valence-corrected chi connectivity index (χ0v) is 11.6. The lowest BCUT2D eigenvalue weighted by molar-refractivity contribution is 0.140. The Morgan fingerprint density at radius 1 is 1.50 bits per heavy atom. The summed E-state index contributed by atoms with van der Waals surface area (Å²) in [4.78, 5) is -0.565. The summed E-state index contributed by atoms with van der Waals surface area (Å²) >= 11 is 3.13. The first-order chi connectivity index (χ1) is 8.38. The van der Waals surface area contributed by atoms with Crippen LogP contribution < -0.4 is 9.88 Å². The molecule has 1 saturated heterocycles. The first-order valence-electron chi connectivity index (χ1n) is 5.14. The van der Waals surface area contributed by atoms with E-state index in [0.29, 0.717) is 24.1 Å². The molecule has 0 aliphatic carbocycles. The average molecular weight is 340 g/mol. The van der Waals surface area contributed by atoms with Gasteiger partial charge in [-0.1, -0.05) is 0 Å². The van der Waals surface area contributed by atoms with Gasteiger partial charge in [-0.25, -0.2) is 17.9 Å². The molecule has 1 heterocycles. The summed E-state index contributed by atoms with van der Waals surface area (Å²) in [6, 6.07) is 2.10. The van der Waals surface area contributed by atoms with Crippen molar-refractivity contribution in [2.45, 2.75) is 17.4 Å². The average Bonchev–Trinajstić information content (AvgIpc) is 2.74. The van der Waals surface area contributed by atoms with Gasteiger partial charge in [0.15, 0.2) is 0 Å². The molecular formula is C10H11BrFNO4S. The monoisotopic (exact) mass is 339 g/mol. The van der Waals surface area contributed by atoms with Crippen molar-refractivity contribution in [3.8, 4) is 5.75 Å². The molecule has 2 N–H and O–H groups in total. The minimum atomic E-state index is -4.09. The fourth-order valence-corrected chi connectivity index (χ4v) is 2.81. The van der Waals surface area contributed by atoms with Gasteiger partial charge in [0.2, 0.25) is 10.0 Å². The van der Waals surface area contributed by atoms with Gasteiger partial charge in [-0.3, -0.25) is 0 Å². The number of halogens is 2. The van der Waals surface area contributed by atoms with Gasteiger partial charge in [-0.15, -0.1) is 0 Å². The highest BCUT2D eigenvalue weighted by Crippen LogP contribution is 2.31. The van der Waals surface area contributed by atoms with Crippen molar-refractivity contribution >= 4 is 26.0 Å². The Hall–Kier alpha value is -0.700. The topological polar surface area (TPSA) is 78.6 Å². The molecule has 5 nitrogen and oxygen atoms in total. The minimum Gasteiger partial charge on any atom is -0.487 e. The summed E-state index contributed by atoms with van der Waals surface area (Å²) in [6.07, 6.45) is 0.561. The molecule has 2 rings (SSSR count). The Bertz CT molecular complexity index is 557. The standard InChI is InChI=1S/C10H11BrFNO4S/c11-7-3-10(18(13,14)15)8(12)4-9(7)17-6-1-2-16-5-6/h3-4,6H,1-2,5H2,(H2,13,14,15). The van der Waals surface area contributed by atoms with Crippen LogP contribution in [0.5, 0.6) is 5.75 Å². The predicted molar refractivity (Wildman–Crippen MR) is 65.3 cm³/mol. The molecule has 1 aliphatic rings. The highest BCUT2D eigenvalue weighted by atomic mass is 79.9. The molecule has 0 saturated carbocycles. The third-order valence-corrected chi connectivity index (χ3v) is 4.02. The molecule has 0 amide bonds. The molecule has 1 unspecified atom stereocenters. The molecule has 0 bridgehead atoms. The van der Waals surface area contributed by atoms with E-state index in [1.807, 2.05) is 0 Å². The number of nitrogens with two attached hydrogens (primary N) is 1. The van der Waals surface area contributed by atoms with Crippen LogP contribution in [0, 0.1) is 5.82 Å². The smallest absolute Gasteiger partial charge is 0.241 e. The molecule has 0 spiro atoms. The van der Waals surface area contributed by atoms with Gasteiger partial charge in [0.05, 0.1) is 17.7 Å². The lowest BCUT2D eigenvalue weighted by Gasteiger charge is -2.14. The largest absolute Gasteiger partial charge is 0.487 e. The van der Waals surface area contributed by atoms with E-state index in [9.17, 15) is 12.8 Å². The summed E-state index contributed by atoms with van der Waals surface area (Å²) in [5.74, 6) is -0.704. The van der Waals surface area contributed by atoms with E-state index >= 15 is 0 Å². The molecule has 100 valence electrons. The number of hydrogen-bond donors (Lipinski definition) is 1. The Balaban J connectivity index is 2.30. The SMILES string of the molecule is NS(=O)(=O)c1cc(Br)c(OC2CCOC2)cc1F. The van der Waals surface area contributed by atoms with Crippen molar-refractivity contribution in [3.05, 3.63) is 22.4 Å². The van der Waals surface area contributed by atoms with Crippen molar-refractivity contribution in [2.75, 3.05) is 13.2 Å². The van der Waals surface area contributed by atoms with Crippen LogP contribution in [0.3, 0.4) is 0 Å². The lowest BCUT2D eigenvalue weighted by atomic mass is 10.3. The molecule has 0 aromatic heterocycles. The van der Waals surface area contributed by atoms with E-state index in [0.717, 1.165) is 12.1 Å². The molecule has 8 heteroatoms. The van der Waals surface area contributed by atoms with Crippen LogP contribution in [0.15, 0.2) is 21.5 Å². The quantitative estimate of drug-likeness (QED) is 0.902. The summed E-state index contributed by atoms with van der Waals surface area (Å²) in [5.41, 5.74) is 0. The van der Waals surface area contributed by atoms with E-state index in [4.69, 9.17) is 14.6 Å². The van der Waals surface area contributed by atoms with Gasteiger partial charge in [0.1, 0.15) is 22.6 Å². The number of sulfonamides is 1. The van der Waals surface area contributed by atoms with Crippen molar-refractivity contribution in [1.29, 1.82) is 0 Å². The maximum Gasteiger partial charge on any atom is 0.241 e. The van der Waals surface area contributed by atoms with Gasteiger partial charge in [-0.2, -0.15) is 0 Å². The van der Waals surface area contributed by atoms with Crippen molar-refractivity contribution in [1.82, 2.24) is 0 Å². The van der Waals surface area contributed by atoms with Crippen LogP contribution in [-0.4, -0.2) is 27.7 Å². The number of rotatable bonds is 3. The van der Waals surface area contributed by atoms with Crippen LogP contribution in [-0.2, 0) is 14.8 Å². The Kier molecular flexibility index (Phi) is 3.90.